The van der Waals surface area contributed by atoms with Crippen LogP contribution in [0, 0.1) is 5.41 Å². The number of aromatic amines is 1. The fourth-order valence-electron chi connectivity index (χ4n) is 4.28. The third kappa shape index (κ3) is 4.76. The van der Waals surface area contributed by atoms with Gasteiger partial charge in [-0.3, -0.25) is 4.79 Å². The number of carboxylic acids is 1. The summed E-state index contributed by atoms with van der Waals surface area (Å²) in [4.78, 5) is 26.6. The Hall–Kier alpha value is -3.56. The molecule has 1 aromatic carbocycles. The van der Waals surface area contributed by atoms with Crippen LogP contribution in [0.1, 0.15) is 13.8 Å². The number of aliphatic carboxylic acids is 1. The molecule has 1 atom stereocenters. The highest BCUT2D eigenvalue weighted by Crippen LogP contribution is 2.33. The molecule has 9 nitrogen and oxygen atoms in total. The van der Waals surface area contributed by atoms with E-state index < -0.39 is 17.5 Å². The van der Waals surface area contributed by atoms with Crippen LogP contribution in [0.3, 0.4) is 0 Å². The summed E-state index contributed by atoms with van der Waals surface area (Å²) < 4.78 is 11.6. The summed E-state index contributed by atoms with van der Waals surface area (Å²) in [5, 5.41) is 13.5. The van der Waals surface area contributed by atoms with Crippen molar-refractivity contribution in [3.05, 3.63) is 59.3 Å². The van der Waals surface area contributed by atoms with Crippen molar-refractivity contribution in [1.82, 2.24) is 20.3 Å². The van der Waals surface area contributed by atoms with Crippen molar-refractivity contribution in [2.24, 2.45) is 5.41 Å². The maximum absolute atomic E-state index is 12.0. The number of nitrogens with zero attached hydrogens (tertiary/aromatic N) is 3. The first kappa shape index (κ1) is 24.1. The van der Waals surface area contributed by atoms with Crippen molar-refractivity contribution in [3.8, 4) is 17.3 Å². The Morgan fingerprint density at radius 1 is 1.22 bits per heavy atom. The van der Waals surface area contributed by atoms with E-state index in [0.29, 0.717) is 34.1 Å². The number of carbonyl (C=O) groups is 1. The van der Waals surface area contributed by atoms with E-state index in [1.165, 1.54) is 0 Å². The highest BCUT2D eigenvalue weighted by molar-refractivity contribution is 6.33. The van der Waals surface area contributed by atoms with Crippen LogP contribution in [0.5, 0.6) is 6.01 Å². The Morgan fingerprint density at radius 2 is 1.97 bits per heavy atom. The minimum absolute atomic E-state index is 0.171. The molecular formula is C26H28ClN5O4. The van der Waals surface area contributed by atoms with Gasteiger partial charge >= 0.3 is 5.97 Å². The number of anilines is 1. The Balaban J connectivity index is 1.43. The quantitative estimate of drug-likeness (QED) is 0.438. The maximum atomic E-state index is 12.0. The lowest BCUT2D eigenvalue weighted by Gasteiger charge is -2.32. The molecule has 2 aromatic heterocycles. The first-order chi connectivity index (χ1) is 17.3. The molecular weight excluding hydrogens is 482 g/mol. The number of hydrogen-bond acceptors (Lipinski definition) is 7. The standard InChI is InChI=1S/C26H28ClN5O4/c1-26(2,24(33)34)22(19-5-3-4-10-28-19)36-25-29-20-15-18(27)21(30-23(20)31-25)16-6-8-17(9-7-16)32-11-13-35-14-12-32/h3-9,15,22,28H,10-14H2,1-2H3,(H,33,34)(H,29,30,31). The lowest BCUT2D eigenvalue weighted by molar-refractivity contribution is -0.151. The third-order valence-corrected chi connectivity index (χ3v) is 6.76. The van der Waals surface area contributed by atoms with Gasteiger partial charge in [-0.15, -0.1) is 0 Å². The number of morpholine rings is 1. The van der Waals surface area contributed by atoms with Crippen molar-refractivity contribution in [1.29, 1.82) is 0 Å². The molecule has 0 saturated carbocycles. The number of carboxylic acid groups (broad SMARTS) is 1. The van der Waals surface area contributed by atoms with Gasteiger partial charge in [-0.2, -0.15) is 4.98 Å². The number of rotatable bonds is 7. The second-order valence-corrected chi connectivity index (χ2v) is 9.74. The number of nitrogens with one attached hydrogen (secondary N) is 2. The molecule has 1 saturated heterocycles. The normalized spacial score (nSPS) is 17.0. The number of halogens is 1. The van der Waals surface area contributed by atoms with Crippen LogP contribution in [0.15, 0.2) is 54.3 Å². The number of pyridine rings is 1. The molecule has 188 valence electrons. The summed E-state index contributed by atoms with van der Waals surface area (Å²) in [5.74, 6) is -0.982. The van der Waals surface area contributed by atoms with E-state index in [1.807, 2.05) is 30.4 Å². The van der Waals surface area contributed by atoms with Gasteiger partial charge in [0.05, 0.1) is 35.1 Å². The number of benzene rings is 1. The predicted octanol–water partition coefficient (Wildman–Crippen LogP) is 4.02. The molecule has 2 aliphatic heterocycles. The summed E-state index contributed by atoms with van der Waals surface area (Å²) in [7, 11) is 0. The SMILES string of the molecule is CC(C)(C(=O)O)C(Oc1nc2nc(-c3ccc(N4CCOCC4)cc3)c(Cl)cc2[nH]1)C1=CC=CCN1. The molecule has 0 bridgehead atoms. The molecule has 0 spiro atoms. The van der Waals surface area contributed by atoms with E-state index in [4.69, 9.17) is 21.1 Å². The van der Waals surface area contributed by atoms with Crippen LogP contribution in [0.4, 0.5) is 5.69 Å². The number of fused-ring (bicyclic) bond motifs is 1. The minimum atomic E-state index is -1.22. The summed E-state index contributed by atoms with van der Waals surface area (Å²) in [6.45, 7) is 7.01. The lowest BCUT2D eigenvalue weighted by atomic mass is 9.84. The van der Waals surface area contributed by atoms with Crippen LogP contribution in [-0.4, -0.2) is 65.0 Å². The van der Waals surface area contributed by atoms with Crippen molar-refractivity contribution in [2.45, 2.75) is 20.0 Å². The van der Waals surface area contributed by atoms with Gasteiger partial charge in [-0.25, -0.2) is 4.98 Å². The predicted molar refractivity (Wildman–Crippen MR) is 138 cm³/mol. The number of dihydropyridines is 1. The van der Waals surface area contributed by atoms with Gasteiger partial charge in [0, 0.05) is 30.9 Å². The average molecular weight is 510 g/mol. The number of aromatic nitrogens is 3. The van der Waals surface area contributed by atoms with Crippen molar-refractivity contribution < 1.29 is 19.4 Å². The number of allylic oxidation sites excluding steroid dienone is 2. The average Bonchev–Trinajstić information content (AvgIpc) is 3.29. The highest BCUT2D eigenvalue weighted by atomic mass is 35.5. The maximum Gasteiger partial charge on any atom is 0.313 e. The molecule has 4 heterocycles. The number of hydrogen-bond donors (Lipinski definition) is 3. The second kappa shape index (κ2) is 9.83. The van der Waals surface area contributed by atoms with Crippen molar-refractivity contribution >= 4 is 34.4 Å². The number of H-pyrrole nitrogens is 1. The number of ether oxygens (including phenoxy) is 2. The van der Waals surface area contributed by atoms with Gasteiger partial charge in [0.1, 0.15) is 5.41 Å². The Labute approximate surface area is 213 Å². The summed E-state index contributed by atoms with van der Waals surface area (Å²) in [6.07, 6.45) is 4.82. The zero-order chi connectivity index (χ0) is 25.3. The third-order valence-electron chi connectivity index (χ3n) is 6.48. The van der Waals surface area contributed by atoms with Crippen LogP contribution in [-0.2, 0) is 9.53 Å². The van der Waals surface area contributed by atoms with Crippen LogP contribution < -0.4 is 15.0 Å². The van der Waals surface area contributed by atoms with E-state index in [2.05, 4.69) is 37.3 Å². The molecule has 0 amide bonds. The Kier molecular flexibility index (Phi) is 6.59. The molecule has 2 aliphatic rings. The zero-order valence-corrected chi connectivity index (χ0v) is 20.9. The minimum Gasteiger partial charge on any atom is -0.481 e. The van der Waals surface area contributed by atoms with Gasteiger partial charge in [-0.05, 0) is 38.1 Å². The molecule has 10 heteroatoms. The summed E-state index contributed by atoms with van der Waals surface area (Å²) in [6, 6.07) is 10.0. The molecule has 3 N–H and O–H groups in total. The molecule has 36 heavy (non-hydrogen) atoms. The van der Waals surface area contributed by atoms with Gasteiger partial charge in [0.15, 0.2) is 11.8 Å². The smallest absolute Gasteiger partial charge is 0.313 e. The first-order valence-electron chi connectivity index (χ1n) is 11.8. The molecule has 1 unspecified atom stereocenters. The first-order valence-corrected chi connectivity index (χ1v) is 12.2. The number of imidazole rings is 1. The van der Waals surface area contributed by atoms with Crippen molar-refractivity contribution in [3.63, 3.8) is 0 Å². The van der Waals surface area contributed by atoms with Crippen LogP contribution >= 0.6 is 11.6 Å². The fourth-order valence-corrected chi connectivity index (χ4v) is 4.54. The van der Waals surface area contributed by atoms with E-state index in [9.17, 15) is 9.90 Å². The van der Waals surface area contributed by atoms with E-state index in [-0.39, 0.29) is 6.01 Å². The molecule has 5 rings (SSSR count). The Bertz CT molecular complexity index is 1330. The van der Waals surface area contributed by atoms with Crippen molar-refractivity contribution in [2.75, 3.05) is 37.7 Å². The van der Waals surface area contributed by atoms with Gasteiger partial charge in [0.25, 0.3) is 6.01 Å². The Morgan fingerprint density at radius 3 is 2.64 bits per heavy atom. The lowest BCUT2D eigenvalue weighted by Crippen LogP contribution is -2.46. The van der Waals surface area contributed by atoms with Gasteiger partial charge in [0.2, 0.25) is 0 Å². The van der Waals surface area contributed by atoms with E-state index in [1.54, 1.807) is 19.9 Å². The molecule has 0 aliphatic carbocycles. The van der Waals surface area contributed by atoms with Crippen LogP contribution in [0.25, 0.3) is 22.4 Å². The zero-order valence-electron chi connectivity index (χ0n) is 20.1. The molecule has 1 fully saturated rings. The summed E-state index contributed by atoms with van der Waals surface area (Å²) in [5.41, 5.74) is 3.08. The second-order valence-electron chi connectivity index (χ2n) is 9.33. The van der Waals surface area contributed by atoms with E-state index >= 15 is 0 Å². The monoisotopic (exact) mass is 509 g/mol. The fraction of sp³-hybridized carbons (Fsp3) is 0.346. The van der Waals surface area contributed by atoms with Gasteiger partial charge < -0.3 is 29.8 Å². The molecule has 0 radical (unpaired) electrons. The largest absolute Gasteiger partial charge is 0.481 e. The topological polar surface area (TPSA) is 113 Å². The van der Waals surface area contributed by atoms with Gasteiger partial charge in [-0.1, -0.05) is 35.9 Å². The van der Waals surface area contributed by atoms with E-state index in [0.717, 1.165) is 37.6 Å². The van der Waals surface area contributed by atoms with Crippen LogP contribution in [0.2, 0.25) is 5.02 Å². The molecule has 3 aromatic rings. The highest BCUT2D eigenvalue weighted by Gasteiger charge is 2.42. The summed E-state index contributed by atoms with van der Waals surface area (Å²) >= 11 is 6.59.